The topological polar surface area (TPSA) is 56.7 Å². The van der Waals surface area contributed by atoms with Crippen LogP contribution in [0.15, 0.2) is 36.5 Å². The number of hydrogen-bond donors (Lipinski definition) is 1. The van der Waals surface area contributed by atoms with Crippen molar-refractivity contribution >= 4 is 16.7 Å². The molecule has 1 aliphatic rings. The first-order chi connectivity index (χ1) is 9.33. The number of nitrogen functional groups attached to an aromatic ring is 1. The van der Waals surface area contributed by atoms with E-state index in [0.29, 0.717) is 5.82 Å². The number of fused-ring (bicyclic) bond motifs is 2. The van der Waals surface area contributed by atoms with Crippen molar-refractivity contribution in [1.82, 2.24) is 14.8 Å². The highest BCUT2D eigenvalue weighted by molar-refractivity contribution is 5.80. The number of nitrogens with two attached hydrogens (primary N) is 1. The zero-order valence-electron chi connectivity index (χ0n) is 10.5. The first kappa shape index (κ1) is 10.6. The van der Waals surface area contributed by atoms with Gasteiger partial charge in [-0.15, -0.1) is 0 Å². The van der Waals surface area contributed by atoms with E-state index in [1.165, 1.54) is 17.7 Å². The van der Waals surface area contributed by atoms with Gasteiger partial charge in [0.25, 0.3) is 0 Å². The molecule has 2 N–H and O–H groups in total. The third-order valence-corrected chi connectivity index (χ3v) is 3.79. The van der Waals surface area contributed by atoms with E-state index in [1.54, 1.807) is 0 Å². The van der Waals surface area contributed by atoms with E-state index in [1.807, 2.05) is 23.0 Å². The minimum atomic E-state index is 0.679. The van der Waals surface area contributed by atoms with Gasteiger partial charge in [-0.05, 0) is 43.5 Å². The smallest absolute Gasteiger partial charge is 0.149 e. The fourth-order valence-electron chi connectivity index (χ4n) is 2.87. The normalized spacial score (nSPS) is 13.9. The Hall–Kier alpha value is -2.36. The Labute approximate surface area is 110 Å². The number of hydrogen-bond acceptors (Lipinski definition) is 3. The summed E-state index contributed by atoms with van der Waals surface area (Å²) in [4.78, 5) is 4.34. The van der Waals surface area contributed by atoms with Gasteiger partial charge >= 0.3 is 0 Å². The molecule has 0 bridgehead atoms. The first-order valence-electron chi connectivity index (χ1n) is 6.54. The van der Waals surface area contributed by atoms with E-state index in [2.05, 4.69) is 28.3 Å². The predicted octanol–water partition coefficient (Wildman–Crippen LogP) is 2.49. The molecule has 19 heavy (non-hydrogen) atoms. The summed E-state index contributed by atoms with van der Waals surface area (Å²) in [6.45, 7) is 0. The summed E-state index contributed by atoms with van der Waals surface area (Å²) in [5.41, 5.74) is 10.6. The highest BCUT2D eigenvalue weighted by atomic mass is 15.3. The number of rotatable bonds is 1. The minimum Gasteiger partial charge on any atom is -0.382 e. The lowest BCUT2D eigenvalue weighted by molar-refractivity contribution is 0.789. The minimum absolute atomic E-state index is 0.679. The molecule has 4 rings (SSSR count). The molecule has 1 aliphatic carbocycles. The summed E-state index contributed by atoms with van der Waals surface area (Å²) in [6.07, 6.45) is 5.10. The fraction of sp³-hybridized carbons (Fsp3) is 0.200. The van der Waals surface area contributed by atoms with Gasteiger partial charge in [-0.25, -0.2) is 4.68 Å². The van der Waals surface area contributed by atoms with Gasteiger partial charge in [0, 0.05) is 22.8 Å². The summed E-state index contributed by atoms with van der Waals surface area (Å²) in [7, 11) is 0. The molecule has 0 radical (unpaired) electrons. The summed E-state index contributed by atoms with van der Waals surface area (Å²) in [5, 5.41) is 5.61. The average molecular weight is 250 g/mol. The van der Waals surface area contributed by atoms with Crippen molar-refractivity contribution in [1.29, 1.82) is 0 Å². The van der Waals surface area contributed by atoms with E-state index in [9.17, 15) is 0 Å². The van der Waals surface area contributed by atoms with Crippen LogP contribution in [0, 0.1) is 0 Å². The summed E-state index contributed by atoms with van der Waals surface area (Å²) in [5.74, 6) is 0.679. The maximum absolute atomic E-state index is 6.00. The molecule has 1 aromatic carbocycles. The quantitative estimate of drug-likeness (QED) is 0.722. The van der Waals surface area contributed by atoms with Gasteiger partial charge in [-0.3, -0.25) is 4.98 Å². The zero-order chi connectivity index (χ0) is 12.8. The lowest BCUT2D eigenvalue weighted by Crippen LogP contribution is -2.01. The van der Waals surface area contributed by atoms with Crippen molar-refractivity contribution in [3.05, 3.63) is 47.8 Å². The Morgan fingerprint density at radius 2 is 2.11 bits per heavy atom. The summed E-state index contributed by atoms with van der Waals surface area (Å²) < 4.78 is 1.99. The van der Waals surface area contributed by atoms with Crippen LogP contribution in [0.4, 0.5) is 5.82 Å². The van der Waals surface area contributed by atoms with Gasteiger partial charge in [0.05, 0.1) is 11.2 Å². The van der Waals surface area contributed by atoms with Crippen LogP contribution in [-0.4, -0.2) is 14.8 Å². The van der Waals surface area contributed by atoms with Gasteiger partial charge < -0.3 is 5.73 Å². The summed E-state index contributed by atoms with van der Waals surface area (Å²) in [6, 6.07) is 10.2. The van der Waals surface area contributed by atoms with E-state index in [4.69, 9.17) is 5.73 Å². The molecular formula is C15H14N4. The molecule has 0 amide bonds. The molecule has 0 fully saturated rings. The molecule has 0 unspecified atom stereocenters. The Kier molecular flexibility index (Phi) is 2.12. The molecule has 2 aromatic heterocycles. The molecule has 4 heteroatoms. The standard InChI is InChI=1S/C15H14N4/c16-15-12-4-1-5-14(12)19(18-15)11-6-7-13-10(9-11)3-2-8-17-13/h2-3,6-9H,1,4-5H2,(H2,16,18). The lowest BCUT2D eigenvalue weighted by atomic mass is 10.2. The van der Waals surface area contributed by atoms with Gasteiger partial charge in [-0.2, -0.15) is 5.10 Å². The molecule has 94 valence electrons. The average Bonchev–Trinajstić information content (AvgIpc) is 3.03. The van der Waals surface area contributed by atoms with E-state index >= 15 is 0 Å². The molecule has 0 atom stereocenters. The van der Waals surface area contributed by atoms with Gasteiger partial charge in [0.2, 0.25) is 0 Å². The molecule has 0 aliphatic heterocycles. The maximum atomic E-state index is 6.00. The third kappa shape index (κ3) is 1.53. The molecular weight excluding hydrogens is 236 g/mol. The SMILES string of the molecule is Nc1nn(-c2ccc3ncccc3c2)c2c1CCC2. The summed E-state index contributed by atoms with van der Waals surface area (Å²) >= 11 is 0. The van der Waals surface area contributed by atoms with Crippen LogP contribution in [0.25, 0.3) is 16.6 Å². The largest absolute Gasteiger partial charge is 0.382 e. The van der Waals surface area contributed by atoms with Crippen molar-refractivity contribution in [2.45, 2.75) is 19.3 Å². The Morgan fingerprint density at radius 1 is 1.16 bits per heavy atom. The van der Waals surface area contributed by atoms with Gasteiger partial charge in [-0.1, -0.05) is 6.07 Å². The van der Waals surface area contributed by atoms with Crippen molar-refractivity contribution in [3.8, 4) is 5.69 Å². The van der Waals surface area contributed by atoms with E-state index in [0.717, 1.165) is 29.4 Å². The highest BCUT2D eigenvalue weighted by Crippen LogP contribution is 2.29. The van der Waals surface area contributed by atoms with Crippen molar-refractivity contribution in [2.24, 2.45) is 0 Å². The van der Waals surface area contributed by atoms with Crippen LogP contribution in [0.2, 0.25) is 0 Å². The predicted molar refractivity (Wildman–Crippen MR) is 75.3 cm³/mol. The highest BCUT2D eigenvalue weighted by Gasteiger charge is 2.21. The molecule has 0 spiro atoms. The fourth-order valence-corrected chi connectivity index (χ4v) is 2.87. The van der Waals surface area contributed by atoms with Crippen LogP contribution in [0.5, 0.6) is 0 Å². The van der Waals surface area contributed by atoms with E-state index in [-0.39, 0.29) is 0 Å². The molecule has 0 saturated heterocycles. The van der Waals surface area contributed by atoms with Crippen molar-refractivity contribution in [3.63, 3.8) is 0 Å². The first-order valence-corrected chi connectivity index (χ1v) is 6.54. The second kappa shape index (κ2) is 3.82. The van der Waals surface area contributed by atoms with Gasteiger partial charge in [0.1, 0.15) is 5.82 Å². The number of benzene rings is 1. The lowest BCUT2D eigenvalue weighted by Gasteiger charge is -2.06. The monoisotopic (exact) mass is 250 g/mol. The van der Waals surface area contributed by atoms with Crippen LogP contribution < -0.4 is 5.73 Å². The van der Waals surface area contributed by atoms with Crippen LogP contribution in [0.1, 0.15) is 17.7 Å². The molecule has 4 nitrogen and oxygen atoms in total. The Bertz CT molecular complexity index is 773. The van der Waals surface area contributed by atoms with Gasteiger partial charge in [0.15, 0.2) is 0 Å². The van der Waals surface area contributed by atoms with Crippen LogP contribution in [0.3, 0.4) is 0 Å². The zero-order valence-corrected chi connectivity index (χ0v) is 10.5. The third-order valence-electron chi connectivity index (χ3n) is 3.79. The number of nitrogens with zero attached hydrogens (tertiary/aromatic N) is 3. The number of pyridine rings is 1. The van der Waals surface area contributed by atoms with E-state index < -0.39 is 0 Å². The number of anilines is 1. The maximum Gasteiger partial charge on any atom is 0.149 e. The Morgan fingerprint density at radius 3 is 3.05 bits per heavy atom. The van der Waals surface area contributed by atoms with Crippen molar-refractivity contribution in [2.75, 3.05) is 5.73 Å². The molecule has 3 aromatic rings. The van der Waals surface area contributed by atoms with Crippen LogP contribution in [-0.2, 0) is 12.8 Å². The Balaban J connectivity index is 1.93. The second-order valence-corrected chi connectivity index (χ2v) is 4.96. The number of aromatic nitrogens is 3. The molecule has 2 heterocycles. The molecule has 0 saturated carbocycles. The van der Waals surface area contributed by atoms with Crippen molar-refractivity contribution < 1.29 is 0 Å². The van der Waals surface area contributed by atoms with Crippen LogP contribution >= 0.6 is 0 Å². The second-order valence-electron chi connectivity index (χ2n) is 4.96.